The van der Waals surface area contributed by atoms with Gasteiger partial charge in [-0.15, -0.1) is 0 Å². The van der Waals surface area contributed by atoms with Crippen LogP contribution in [0.5, 0.6) is 0 Å². The minimum Gasteiger partial charge on any atom is -0.397 e. The van der Waals surface area contributed by atoms with Gasteiger partial charge in [0.15, 0.2) is 0 Å². The molecule has 3 N–H and O–H groups in total. The smallest absolute Gasteiger partial charge is 0.0585 e. The molecule has 2 aromatic carbocycles. The van der Waals surface area contributed by atoms with Crippen LogP contribution in [0.1, 0.15) is 24.8 Å². The Kier molecular flexibility index (Phi) is 4.86. The van der Waals surface area contributed by atoms with Crippen molar-refractivity contribution in [3.8, 4) is 0 Å². The number of nitrogens with one attached hydrogen (secondary N) is 1. The molecule has 0 fully saturated rings. The number of hydrogen-bond donors (Lipinski definition) is 2. The van der Waals surface area contributed by atoms with Crippen molar-refractivity contribution in [1.82, 2.24) is 0 Å². The predicted octanol–water partition coefficient (Wildman–Crippen LogP) is 4.64. The van der Waals surface area contributed by atoms with Gasteiger partial charge in [0, 0.05) is 11.0 Å². The number of benzene rings is 2. The lowest BCUT2D eigenvalue weighted by Crippen LogP contribution is -2.07. The number of halogens is 1. The van der Waals surface area contributed by atoms with Gasteiger partial charge in [-0.1, -0.05) is 53.2 Å². The highest BCUT2D eigenvalue weighted by atomic mass is 79.9. The number of nitrogen functional groups attached to an aromatic ring is 1. The zero-order valence-corrected chi connectivity index (χ0v) is 12.7. The van der Waals surface area contributed by atoms with Gasteiger partial charge in [0.25, 0.3) is 0 Å². The highest BCUT2D eigenvalue weighted by molar-refractivity contribution is 9.10. The zero-order chi connectivity index (χ0) is 13.7. The van der Waals surface area contributed by atoms with Crippen LogP contribution in [0.15, 0.2) is 53.0 Å². The first-order chi connectivity index (χ1) is 9.16. The van der Waals surface area contributed by atoms with Crippen LogP contribution >= 0.6 is 15.9 Å². The average Bonchev–Trinajstić information content (AvgIpc) is 2.43. The lowest BCUT2D eigenvalue weighted by atomic mass is 9.98. The van der Waals surface area contributed by atoms with Crippen LogP contribution in [0.3, 0.4) is 0 Å². The molecule has 0 bridgehead atoms. The van der Waals surface area contributed by atoms with Crippen LogP contribution in [0.2, 0.25) is 0 Å². The minimum absolute atomic E-state index is 0.544. The Hall–Kier alpha value is -1.48. The van der Waals surface area contributed by atoms with E-state index in [0.29, 0.717) is 5.92 Å². The maximum absolute atomic E-state index is 5.93. The summed E-state index contributed by atoms with van der Waals surface area (Å²) in [4.78, 5) is 0. The molecule has 0 aromatic heterocycles. The lowest BCUT2D eigenvalue weighted by molar-refractivity contribution is 0.706. The van der Waals surface area contributed by atoms with Crippen molar-refractivity contribution in [2.45, 2.75) is 19.3 Å². The van der Waals surface area contributed by atoms with Crippen molar-refractivity contribution in [2.24, 2.45) is 0 Å². The molecule has 0 saturated heterocycles. The monoisotopic (exact) mass is 318 g/mol. The van der Waals surface area contributed by atoms with Crippen molar-refractivity contribution < 1.29 is 0 Å². The van der Waals surface area contributed by atoms with Crippen LogP contribution in [-0.4, -0.2) is 6.54 Å². The maximum atomic E-state index is 5.93. The fraction of sp³-hybridized carbons (Fsp3) is 0.250. The molecule has 0 aliphatic heterocycles. The van der Waals surface area contributed by atoms with Crippen molar-refractivity contribution in [1.29, 1.82) is 0 Å². The standard InChI is InChI=1S/C16H19BrN2/c1-12(13-5-3-2-4-6-13)9-10-19-16-11-14(17)7-8-15(16)18/h2-8,11-12,19H,9-10,18H2,1H3. The van der Waals surface area contributed by atoms with Gasteiger partial charge in [0.2, 0.25) is 0 Å². The summed E-state index contributed by atoms with van der Waals surface area (Å²) in [7, 11) is 0. The van der Waals surface area contributed by atoms with E-state index in [1.807, 2.05) is 18.2 Å². The van der Waals surface area contributed by atoms with E-state index >= 15 is 0 Å². The van der Waals surface area contributed by atoms with Crippen LogP contribution in [-0.2, 0) is 0 Å². The predicted molar refractivity (Wildman–Crippen MR) is 86.5 cm³/mol. The first-order valence-electron chi connectivity index (χ1n) is 6.50. The zero-order valence-electron chi connectivity index (χ0n) is 11.1. The van der Waals surface area contributed by atoms with E-state index in [9.17, 15) is 0 Å². The molecule has 0 aliphatic rings. The lowest BCUT2D eigenvalue weighted by Gasteiger charge is -2.14. The SMILES string of the molecule is CC(CCNc1cc(Br)ccc1N)c1ccccc1. The Morgan fingerprint density at radius 3 is 2.63 bits per heavy atom. The summed E-state index contributed by atoms with van der Waals surface area (Å²) in [6.45, 7) is 3.16. The number of rotatable bonds is 5. The third-order valence-electron chi connectivity index (χ3n) is 3.28. The Bertz CT molecular complexity index is 526. The van der Waals surface area contributed by atoms with E-state index in [1.165, 1.54) is 5.56 Å². The summed E-state index contributed by atoms with van der Waals surface area (Å²) in [6.07, 6.45) is 1.08. The normalized spacial score (nSPS) is 12.1. The summed E-state index contributed by atoms with van der Waals surface area (Å²) in [6, 6.07) is 16.5. The molecule has 100 valence electrons. The van der Waals surface area contributed by atoms with E-state index in [2.05, 4.69) is 58.5 Å². The van der Waals surface area contributed by atoms with Gasteiger partial charge in [-0.25, -0.2) is 0 Å². The van der Waals surface area contributed by atoms with Crippen molar-refractivity contribution in [3.63, 3.8) is 0 Å². The second-order valence-corrected chi connectivity index (χ2v) is 5.67. The molecule has 1 unspecified atom stereocenters. The first-order valence-corrected chi connectivity index (χ1v) is 7.30. The molecular formula is C16H19BrN2. The molecule has 3 heteroatoms. The molecule has 2 nitrogen and oxygen atoms in total. The third kappa shape index (κ3) is 4.00. The highest BCUT2D eigenvalue weighted by Gasteiger charge is 2.05. The molecule has 0 aliphatic carbocycles. The molecule has 0 spiro atoms. The Morgan fingerprint density at radius 2 is 1.89 bits per heavy atom. The Labute approximate surface area is 123 Å². The number of hydrogen-bond acceptors (Lipinski definition) is 2. The van der Waals surface area contributed by atoms with Gasteiger partial charge in [-0.05, 0) is 36.1 Å². The molecule has 19 heavy (non-hydrogen) atoms. The van der Waals surface area contributed by atoms with E-state index in [-0.39, 0.29) is 0 Å². The molecule has 0 amide bonds. The summed E-state index contributed by atoms with van der Waals surface area (Å²) >= 11 is 3.46. The van der Waals surface area contributed by atoms with Crippen LogP contribution in [0.4, 0.5) is 11.4 Å². The van der Waals surface area contributed by atoms with Gasteiger partial charge >= 0.3 is 0 Å². The first kappa shape index (κ1) is 13.9. The van der Waals surface area contributed by atoms with Gasteiger partial charge in [0.1, 0.15) is 0 Å². The summed E-state index contributed by atoms with van der Waals surface area (Å²) in [5.74, 6) is 0.544. The third-order valence-corrected chi connectivity index (χ3v) is 3.77. The molecule has 2 rings (SSSR count). The van der Waals surface area contributed by atoms with Gasteiger partial charge in [-0.3, -0.25) is 0 Å². The molecule has 2 aromatic rings. The maximum Gasteiger partial charge on any atom is 0.0585 e. The van der Waals surface area contributed by atoms with E-state index in [1.54, 1.807) is 0 Å². The fourth-order valence-electron chi connectivity index (χ4n) is 2.05. The van der Waals surface area contributed by atoms with Gasteiger partial charge < -0.3 is 11.1 Å². The van der Waals surface area contributed by atoms with Gasteiger partial charge in [-0.2, -0.15) is 0 Å². The van der Waals surface area contributed by atoms with Crippen LogP contribution < -0.4 is 11.1 Å². The molecule has 0 saturated carbocycles. The van der Waals surface area contributed by atoms with E-state index in [0.717, 1.165) is 28.8 Å². The quantitative estimate of drug-likeness (QED) is 0.788. The van der Waals surface area contributed by atoms with Crippen molar-refractivity contribution in [3.05, 3.63) is 58.6 Å². The number of anilines is 2. The Balaban J connectivity index is 1.88. The molecule has 0 heterocycles. The highest BCUT2D eigenvalue weighted by Crippen LogP contribution is 2.24. The summed E-state index contributed by atoms with van der Waals surface area (Å²) < 4.78 is 1.04. The minimum atomic E-state index is 0.544. The summed E-state index contributed by atoms with van der Waals surface area (Å²) in [5.41, 5.74) is 9.10. The average molecular weight is 319 g/mol. The van der Waals surface area contributed by atoms with Crippen molar-refractivity contribution >= 4 is 27.3 Å². The summed E-state index contributed by atoms with van der Waals surface area (Å²) in [5, 5.41) is 3.40. The molecule has 1 atom stereocenters. The second-order valence-electron chi connectivity index (χ2n) is 4.76. The Morgan fingerprint density at radius 1 is 1.16 bits per heavy atom. The van der Waals surface area contributed by atoms with Crippen LogP contribution in [0.25, 0.3) is 0 Å². The fourth-order valence-corrected chi connectivity index (χ4v) is 2.41. The topological polar surface area (TPSA) is 38.0 Å². The largest absolute Gasteiger partial charge is 0.397 e. The second kappa shape index (κ2) is 6.62. The van der Waals surface area contributed by atoms with E-state index < -0.39 is 0 Å². The van der Waals surface area contributed by atoms with Crippen molar-refractivity contribution in [2.75, 3.05) is 17.6 Å². The van der Waals surface area contributed by atoms with Gasteiger partial charge in [0.05, 0.1) is 11.4 Å². The molecular weight excluding hydrogens is 300 g/mol. The van der Waals surface area contributed by atoms with E-state index in [4.69, 9.17) is 5.73 Å². The molecule has 0 radical (unpaired) electrons. The van der Waals surface area contributed by atoms with Crippen LogP contribution in [0, 0.1) is 0 Å². The number of nitrogens with two attached hydrogens (primary N) is 1.